The smallest absolute Gasteiger partial charge is 0.322 e. The highest BCUT2D eigenvalue weighted by Crippen LogP contribution is 2.22. The Hall–Kier alpha value is -2.57. The third kappa shape index (κ3) is 3.21. The molecule has 1 aromatic heterocycles. The molecule has 0 radical (unpaired) electrons. The van der Waals surface area contributed by atoms with E-state index in [2.05, 4.69) is 9.97 Å². The van der Waals surface area contributed by atoms with Gasteiger partial charge in [0.1, 0.15) is 10.8 Å². The molecule has 0 bridgehead atoms. The second-order valence-electron chi connectivity index (χ2n) is 3.45. The molecule has 92 valence electrons. The van der Waals surface area contributed by atoms with Crippen molar-refractivity contribution in [1.29, 1.82) is 10.5 Å². The van der Waals surface area contributed by atoms with Gasteiger partial charge in [-0.1, -0.05) is 0 Å². The molecular weight excluding hydrogens is 260 g/mol. The molecule has 19 heavy (non-hydrogen) atoms. The van der Waals surface area contributed by atoms with Crippen LogP contribution in [0, 0.1) is 22.7 Å². The van der Waals surface area contributed by atoms with Crippen molar-refractivity contribution in [3.05, 3.63) is 41.6 Å². The van der Waals surface area contributed by atoms with Crippen molar-refractivity contribution in [2.45, 2.75) is 5.03 Å². The molecule has 0 aliphatic carbocycles. The van der Waals surface area contributed by atoms with Crippen molar-refractivity contribution in [2.75, 3.05) is 6.26 Å². The zero-order valence-corrected chi connectivity index (χ0v) is 10.8. The Labute approximate surface area is 114 Å². The molecular formula is C13H8N4OS. The van der Waals surface area contributed by atoms with Gasteiger partial charge >= 0.3 is 6.01 Å². The summed E-state index contributed by atoms with van der Waals surface area (Å²) in [5.74, 6) is 0.369. The Balaban J connectivity index is 2.33. The summed E-state index contributed by atoms with van der Waals surface area (Å²) >= 11 is 1.47. The fraction of sp³-hybridized carbons (Fsp3) is 0.0769. The summed E-state index contributed by atoms with van der Waals surface area (Å²) in [6.07, 6.45) is 3.49. The van der Waals surface area contributed by atoms with Crippen LogP contribution < -0.4 is 4.74 Å². The molecule has 0 saturated heterocycles. The number of ether oxygens (including phenoxy) is 1. The van der Waals surface area contributed by atoms with E-state index >= 15 is 0 Å². The largest absolute Gasteiger partial charge is 0.424 e. The predicted octanol–water partition coefficient (Wildman–Crippen LogP) is 2.73. The van der Waals surface area contributed by atoms with E-state index in [1.807, 2.05) is 18.4 Å². The molecule has 0 atom stereocenters. The van der Waals surface area contributed by atoms with Gasteiger partial charge in [-0.2, -0.15) is 15.5 Å². The quantitative estimate of drug-likeness (QED) is 0.628. The predicted molar refractivity (Wildman–Crippen MR) is 69.8 cm³/mol. The first-order chi connectivity index (χ1) is 9.25. The van der Waals surface area contributed by atoms with Crippen LogP contribution in [-0.4, -0.2) is 16.2 Å². The highest BCUT2D eigenvalue weighted by molar-refractivity contribution is 7.98. The third-order valence-corrected chi connectivity index (χ3v) is 2.84. The molecule has 2 aromatic rings. The van der Waals surface area contributed by atoms with E-state index in [1.54, 1.807) is 12.3 Å². The summed E-state index contributed by atoms with van der Waals surface area (Å²) < 4.78 is 5.47. The zero-order valence-electron chi connectivity index (χ0n) is 9.99. The lowest BCUT2D eigenvalue weighted by Gasteiger charge is -2.05. The topological polar surface area (TPSA) is 82.6 Å². The van der Waals surface area contributed by atoms with Crippen LogP contribution in [0.4, 0.5) is 0 Å². The number of rotatable bonds is 3. The van der Waals surface area contributed by atoms with Gasteiger partial charge in [-0.15, -0.1) is 11.8 Å². The van der Waals surface area contributed by atoms with Crippen molar-refractivity contribution >= 4 is 11.8 Å². The highest BCUT2D eigenvalue weighted by Gasteiger charge is 2.05. The van der Waals surface area contributed by atoms with Gasteiger partial charge in [0.05, 0.1) is 23.3 Å². The van der Waals surface area contributed by atoms with Crippen molar-refractivity contribution in [1.82, 2.24) is 9.97 Å². The maximum Gasteiger partial charge on any atom is 0.322 e. The van der Waals surface area contributed by atoms with Gasteiger partial charge in [-0.05, 0) is 30.5 Å². The number of nitriles is 2. The van der Waals surface area contributed by atoms with Crippen LogP contribution in [0.15, 0.2) is 35.5 Å². The normalized spacial score (nSPS) is 9.42. The van der Waals surface area contributed by atoms with Crippen LogP contribution in [-0.2, 0) is 0 Å². The Kier molecular flexibility index (Phi) is 3.97. The van der Waals surface area contributed by atoms with Gasteiger partial charge in [0.25, 0.3) is 0 Å². The minimum absolute atomic E-state index is 0.186. The average molecular weight is 268 g/mol. The first-order valence-corrected chi connectivity index (χ1v) is 6.48. The lowest BCUT2D eigenvalue weighted by atomic mass is 10.1. The Bertz CT molecular complexity index is 656. The second kappa shape index (κ2) is 5.85. The lowest BCUT2D eigenvalue weighted by molar-refractivity contribution is 0.436. The third-order valence-electron chi connectivity index (χ3n) is 2.19. The number of thioether (sulfide) groups is 1. The maximum absolute atomic E-state index is 8.88. The number of hydrogen-bond donors (Lipinski definition) is 0. The van der Waals surface area contributed by atoms with Gasteiger partial charge in [0, 0.05) is 6.20 Å². The van der Waals surface area contributed by atoms with E-state index in [1.165, 1.54) is 30.0 Å². The summed E-state index contributed by atoms with van der Waals surface area (Å²) in [7, 11) is 0. The maximum atomic E-state index is 8.88. The monoisotopic (exact) mass is 268 g/mol. The standard InChI is InChI=1S/C13H8N4OS/c1-19-12-2-3-16-13(17-12)18-11-5-9(7-14)4-10(6-11)8-15/h2-6H,1H3. The molecule has 0 spiro atoms. The fourth-order valence-electron chi connectivity index (χ4n) is 1.38. The van der Waals surface area contributed by atoms with Gasteiger partial charge < -0.3 is 4.74 Å². The first kappa shape index (κ1) is 12.9. The van der Waals surface area contributed by atoms with Crippen LogP contribution in [0.2, 0.25) is 0 Å². The van der Waals surface area contributed by atoms with Crippen molar-refractivity contribution in [3.63, 3.8) is 0 Å². The summed E-state index contributed by atoms with van der Waals surface area (Å²) in [6, 6.07) is 10.5. The van der Waals surface area contributed by atoms with Crippen molar-refractivity contribution in [3.8, 4) is 23.9 Å². The first-order valence-electron chi connectivity index (χ1n) is 5.25. The molecule has 0 N–H and O–H groups in total. The fourth-order valence-corrected chi connectivity index (χ4v) is 1.75. The molecule has 0 aliphatic rings. The number of aromatic nitrogens is 2. The van der Waals surface area contributed by atoms with Gasteiger partial charge in [0.2, 0.25) is 0 Å². The van der Waals surface area contributed by atoms with Gasteiger partial charge in [0.15, 0.2) is 0 Å². The summed E-state index contributed by atoms with van der Waals surface area (Å²) in [5.41, 5.74) is 0.713. The molecule has 1 aromatic carbocycles. The minimum atomic E-state index is 0.186. The SMILES string of the molecule is CSc1ccnc(Oc2cc(C#N)cc(C#N)c2)n1. The van der Waals surface area contributed by atoms with Crippen LogP contribution in [0.25, 0.3) is 0 Å². The van der Waals surface area contributed by atoms with Crippen molar-refractivity contribution in [2.24, 2.45) is 0 Å². The van der Waals surface area contributed by atoms with E-state index in [4.69, 9.17) is 15.3 Å². The zero-order chi connectivity index (χ0) is 13.7. The molecule has 0 amide bonds. The minimum Gasteiger partial charge on any atom is -0.424 e. The lowest BCUT2D eigenvalue weighted by Crippen LogP contribution is -1.93. The van der Waals surface area contributed by atoms with E-state index in [0.29, 0.717) is 16.9 Å². The van der Waals surface area contributed by atoms with E-state index < -0.39 is 0 Å². The van der Waals surface area contributed by atoms with Crippen LogP contribution in [0.3, 0.4) is 0 Å². The average Bonchev–Trinajstić information content (AvgIpc) is 2.47. The van der Waals surface area contributed by atoms with E-state index in [0.717, 1.165) is 5.03 Å². The summed E-state index contributed by atoms with van der Waals surface area (Å²) in [5, 5.41) is 18.5. The molecule has 1 heterocycles. The summed E-state index contributed by atoms with van der Waals surface area (Å²) in [4.78, 5) is 8.14. The van der Waals surface area contributed by atoms with E-state index in [-0.39, 0.29) is 6.01 Å². The molecule has 6 heteroatoms. The molecule has 0 fully saturated rings. The van der Waals surface area contributed by atoms with Gasteiger partial charge in [-0.3, -0.25) is 0 Å². The molecule has 2 rings (SSSR count). The van der Waals surface area contributed by atoms with Gasteiger partial charge in [-0.25, -0.2) is 4.98 Å². The summed E-state index contributed by atoms with van der Waals surface area (Å²) in [6.45, 7) is 0. The Morgan fingerprint density at radius 2 is 1.84 bits per heavy atom. The van der Waals surface area contributed by atoms with E-state index in [9.17, 15) is 0 Å². The highest BCUT2D eigenvalue weighted by atomic mass is 32.2. The number of benzene rings is 1. The molecule has 0 saturated carbocycles. The van der Waals surface area contributed by atoms with Crippen LogP contribution in [0.1, 0.15) is 11.1 Å². The Morgan fingerprint density at radius 1 is 1.16 bits per heavy atom. The second-order valence-corrected chi connectivity index (χ2v) is 4.28. The Morgan fingerprint density at radius 3 is 2.42 bits per heavy atom. The number of nitrogens with zero attached hydrogens (tertiary/aromatic N) is 4. The van der Waals surface area contributed by atoms with Crippen molar-refractivity contribution < 1.29 is 4.74 Å². The van der Waals surface area contributed by atoms with Crippen LogP contribution in [0.5, 0.6) is 11.8 Å². The molecule has 0 aliphatic heterocycles. The molecule has 0 unspecified atom stereocenters. The number of hydrogen-bond acceptors (Lipinski definition) is 6. The molecule has 5 nitrogen and oxygen atoms in total. The van der Waals surface area contributed by atoms with Crippen LogP contribution >= 0.6 is 11.8 Å².